The van der Waals surface area contributed by atoms with E-state index >= 15 is 0 Å². The minimum atomic E-state index is -0.626. The zero-order chi connectivity index (χ0) is 12.6. The average Bonchev–Trinajstić information content (AvgIpc) is 2.27. The fourth-order valence-corrected chi connectivity index (χ4v) is 3.46. The first-order valence-electron chi connectivity index (χ1n) is 7.19. The van der Waals surface area contributed by atoms with Gasteiger partial charge in [0.15, 0.2) is 0 Å². The molecule has 1 heterocycles. The number of β-amino-alcohol motifs (C(OH)–C–C–N with tert-alkyl or cyclic N) is 1. The van der Waals surface area contributed by atoms with Gasteiger partial charge >= 0.3 is 0 Å². The summed E-state index contributed by atoms with van der Waals surface area (Å²) in [5, 5.41) is 11.0. The van der Waals surface area contributed by atoms with Crippen LogP contribution >= 0.6 is 0 Å². The van der Waals surface area contributed by atoms with Gasteiger partial charge in [-0.2, -0.15) is 0 Å². The smallest absolute Gasteiger partial charge is 0.103 e. The third-order valence-corrected chi connectivity index (χ3v) is 4.67. The van der Waals surface area contributed by atoms with Crippen LogP contribution in [0.5, 0.6) is 0 Å². The molecule has 98 valence electrons. The van der Waals surface area contributed by atoms with Crippen LogP contribution in [0.2, 0.25) is 0 Å². The Morgan fingerprint density at radius 1 is 1.22 bits per heavy atom. The molecule has 1 atom stereocenters. The van der Waals surface area contributed by atoms with E-state index in [-0.39, 0.29) is 0 Å². The number of rotatable bonds is 2. The van der Waals surface area contributed by atoms with Gasteiger partial charge in [-0.25, -0.2) is 0 Å². The van der Waals surface area contributed by atoms with Crippen LogP contribution < -0.4 is 0 Å². The van der Waals surface area contributed by atoms with E-state index in [1.165, 1.54) is 30.4 Å². The van der Waals surface area contributed by atoms with Crippen molar-refractivity contribution in [1.82, 2.24) is 4.90 Å². The fourth-order valence-electron chi connectivity index (χ4n) is 3.46. The number of piperidine rings is 1. The van der Waals surface area contributed by atoms with Crippen LogP contribution in [0.25, 0.3) is 0 Å². The van der Waals surface area contributed by atoms with E-state index in [0.717, 1.165) is 25.9 Å². The van der Waals surface area contributed by atoms with Crippen molar-refractivity contribution < 1.29 is 5.11 Å². The van der Waals surface area contributed by atoms with Crippen molar-refractivity contribution >= 4 is 0 Å². The Labute approximate surface area is 110 Å². The van der Waals surface area contributed by atoms with Crippen molar-refractivity contribution in [3.8, 4) is 0 Å². The molecule has 1 aliphatic carbocycles. The van der Waals surface area contributed by atoms with Crippen LogP contribution in [0.4, 0.5) is 0 Å². The highest BCUT2D eigenvalue weighted by Gasteiger charge is 2.37. The summed E-state index contributed by atoms with van der Waals surface area (Å²) in [7, 11) is 2.11. The molecule has 0 aromatic heterocycles. The highest BCUT2D eigenvalue weighted by molar-refractivity contribution is 5.36. The first-order valence-corrected chi connectivity index (χ1v) is 7.19. The van der Waals surface area contributed by atoms with Crippen LogP contribution in [0.3, 0.4) is 0 Å². The van der Waals surface area contributed by atoms with E-state index < -0.39 is 5.60 Å². The Morgan fingerprint density at radius 3 is 2.67 bits per heavy atom. The van der Waals surface area contributed by atoms with Crippen molar-refractivity contribution in [2.45, 2.75) is 43.6 Å². The molecule has 0 amide bonds. The molecule has 2 heteroatoms. The maximum absolute atomic E-state index is 11.0. The van der Waals surface area contributed by atoms with E-state index in [1.807, 2.05) is 0 Å². The van der Waals surface area contributed by atoms with E-state index in [0.29, 0.717) is 5.92 Å². The van der Waals surface area contributed by atoms with Crippen LogP contribution in [0.1, 0.15) is 49.1 Å². The number of aliphatic hydroxyl groups is 1. The lowest BCUT2D eigenvalue weighted by Crippen LogP contribution is -2.45. The first-order chi connectivity index (χ1) is 8.69. The minimum Gasteiger partial charge on any atom is -0.384 e. The molecule has 1 saturated heterocycles. The van der Waals surface area contributed by atoms with Crippen molar-refractivity contribution in [1.29, 1.82) is 0 Å². The monoisotopic (exact) mass is 245 g/mol. The van der Waals surface area contributed by atoms with Gasteiger partial charge in [-0.15, -0.1) is 0 Å². The predicted octanol–water partition coefficient (Wildman–Crippen LogP) is 2.87. The number of hydrogen-bond acceptors (Lipinski definition) is 2. The highest BCUT2D eigenvalue weighted by Crippen LogP contribution is 2.42. The molecule has 1 aromatic rings. The van der Waals surface area contributed by atoms with E-state index in [2.05, 4.69) is 36.2 Å². The summed E-state index contributed by atoms with van der Waals surface area (Å²) in [5.41, 5.74) is 1.97. The standard InChI is InChI=1S/C16H23NO/c1-17-11-5-10-16(18,12-17)15-9-3-2-8-14(15)13-6-4-7-13/h2-3,8-9,13,18H,4-7,10-12H2,1H3. The number of likely N-dealkylation sites (tertiary alicyclic amines) is 1. The number of benzene rings is 1. The van der Waals surface area contributed by atoms with E-state index in [9.17, 15) is 5.11 Å². The lowest BCUT2D eigenvalue weighted by Gasteiger charge is -2.40. The van der Waals surface area contributed by atoms with Gasteiger partial charge < -0.3 is 10.0 Å². The zero-order valence-corrected chi connectivity index (χ0v) is 11.2. The van der Waals surface area contributed by atoms with Crippen LogP contribution in [-0.2, 0) is 5.60 Å². The Kier molecular flexibility index (Phi) is 3.16. The number of likely N-dealkylation sites (N-methyl/N-ethyl adjacent to an activating group) is 1. The van der Waals surface area contributed by atoms with Crippen LogP contribution in [0.15, 0.2) is 24.3 Å². The number of nitrogens with zero attached hydrogens (tertiary/aromatic N) is 1. The summed E-state index contributed by atoms with van der Waals surface area (Å²) in [4.78, 5) is 2.25. The molecular weight excluding hydrogens is 222 g/mol. The third kappa shape index (κ3) is 2.08. The topological polar surface area (TPSA) is 23.5 Å². The quantitative estimate of drug-likeness (QED) is 0.866. The molecular formula is C16H23NO. The SMILES string of the molecule is CN1CCCC(O)(c2ccccc2C2CCC2)C1. The molecule has 1 N–H and O–H groups in total. The van der Waals surface area contributed by atoms with Gasteiger partial charge in [-0.05, 0) is 56.3 Å². The predicted molar refractivity (Wildman–Crippen MR) is 73.7 cm³/mol. The second-order valence-corrected chi connectivity index (χ2v) is 6.09. The van der Waals surface area contributed by atoms with E-state index in [4.69, 9.17) is 0 Å². The molecule has 0 bridgehead atoms. The van der Waals surface area contributed by atoms with Gasteiger partial charge in [0, 0.05) is 6.54 Å². The maximum Gasteiger partial charge on any atom is 0.103 e. The van der Waals surface area contributed by atoms with E-state index in [1.54, 1.807) is 0 Å². The lowest BCUT2D eigenvalue weighted by atomic mass is 9.73. The molecule has 1 aromatic carbocycles. The van der Waals surface area contributed by atoms with Crippen LogP contribution in [-0.4, -0.2) is 30.1 Å². The molecule has 1 unspecified atom stereocenters. The Hall–Kier alpha value is -0.860. The molecule has 0 radical (unpaired) electrons. The molecule has 1 saturated carbocycles. The van der Waals surface area contributed by atoms with Gasteiger partial charge in [0.25, 0.3) is 0 Å². The van der Waals surface area contributed by atoms with Gasteiger partial charge in [0.1, 0.15) is 5.60 Å². The molecule has 18 heavy (non-hydrogen) atoms. The highest BCUT2D eigenvalue weighted by atomic mass is 16.3. The van der Waals surface area contributed by atoms with Gasteiger partial charge in [-0.3, -0.25) is 0 Å². The fraction of sp³-hybridized carbons (Fsp3) is 0.625. The summed E-state index contributed by atoms with van der Waals surface area (Å²) in [6, 6.07) is 8.57. The van der Waals surface area contributed by atoms with Gasteiger partial charge in [-0.1, -0.05) is 30.7 Å². The van der Waals surface area contributed by atoms with Gasteiger partial charge in [0.2, 0.25) is 0 Å². The molecule has 3 rings (SSSR count). The van der Waals surface area contributed by atoms with Crippen LogP contribution in [0, 0.1) is 0 Å². The van der Waals surface area contributed by atoms with Crippen molar-refractivity contribution in [2.24, 2.45) is 0 Å². The maximum atomic E-state index is 11.0. The zero-order valence-electron chi connectivity index (χ0n) is 11.2. The molecule has 1 aliphatic heterocycles. The molecule has 2 fully saturated rings. The second-order valence-electron chi connectivity index (χ2n) is 6.09. The largest absolute Gasteiger partial charge is 0.384 e. The first kappa shape index (κ1) is 12.2. The van der Waals surface area contributed by atoms with Crippen molar-refractivity contribution in [2.75, 3.05) is 20.1 Å². The summed E-state index contributed by atoms with van der Waals surface area (Å²) >= 11 is 0. The minimum absolute atomic E-state index is 0.626. The molecule has 2 aliphatic rings. The Balaban J connectivity index is 1.94. The number of hydrogen-bond donors (Lipinski definition) is 1. The van der Waals surface area contributed by atoms with Gasteiger partial charge in [0.05, 0.1) is 0 Å². The van der Waals surface area contributed by atoms with Crippen molar-refractivity contribution in [3.63, 3.8) is 0 Å². The summed E-state index contributed by atoms with van der Waals surface area (Å²) < 4.78 is 0. The summed E-state index contributed by atoms with van der Waals surface area (Å²) in [5.74, 6) is 0.692. The Morgan fingerprint density at radius 2 is 2.00 bits per heavy atom. The third-order valence-electron chi connectivity index (χ3n) is 4.67. The lowest BCUT2D eigenvalue weighted by molar-refractivity contribution is -0.0289. The van der Waals surface area contributed by atoms with Crippen molar-refractivity contribution in [3.05, 3.63) is 35.4 Å². The summed E-state index contributed by atoms with van der Waals surface area (Å²) in [6.45, 7) is 1.88. The molecule has 0 spiro atoms. The average molecular weight is 245 g/mol. The normalized spacial score (nSPS) is 30.1. The Bertz CT molecular complexity index is 427. The second kappa shape index (κ2) is 4.67. The molecule has 2 nitrogen and oxygen atoms in total. The summed E-state index contributed by atoms with van der Waals surface area (Å²) in [6.07, 6.45) is 5.93.